The van der Waals surface area contributed by atoms with E-state index < -0.39 is 15.8 Å². The zero-order valence-corrected chi connectivity index (χ0v) is 20.5. The molecule has 4 heteroatoms. The van der Waals surface area contributed by atoms with E-state index >= 15 is 0 Å². The van der Waals surface area contributed by atoms with E-state index in [1.165, 1.54) is 34.3 Å². The first kappa shape index (κ1) is 23.2. The lowest BCUT2D eigenvalue weighted by Crippen LogP contribution is -3.00. The topological polar surface area (TPSA) is 16.6 Å². The fourth-order valence-corrected chi connectivity index (χ4v) is 11.3. The molecule has 0 spiro atoms. The minimum Gasteiger partial charge on any atom is -1.00 e. The highest BCUT2D eigenvalue weighted by Gasteiger charge is 2.43. The van der Waals surface area contributed by atoms with Crippen LogP contribution >= 0.6 is 15.8 Å². The van der Waals surface area contributed by atoms with Gasteiger partial charge in [-0.25, -0.2) is 0 Å². The normalized spacial score (nSPS) is 17.9. The summed E-state index contributed by atoms with van der Waals surface area (Å²) in [5.41, 5.74) is 1.32. The number of benzene rings is 4. The Morgan fingerprint density at radius 3 is 0.938 bits per heavy atom. The van der Waals surface area contributed by atoms with E-state index in [4.69, 9.17) is 0 Å². The molecule has 0 aliphatic carbocycles. The van der Waals surface area contributed by atoms with Crippen molar-refractivity contribution in [1.82, 2.24) is 0 Å². The molecule has 32 heavy (non-hydrogen) atoms. The molecular formula is C28H28ClNP2. The quantitative estimate of drug-likeness (QED) is 0.393. The van der Waals surface area contributed by atoms with Gasteiger partial charge in [-0.1, -0.05) is 121 Å². The largest absolute Gasteiger partial charge is 1.00 e. The van der Waals surface area contributed by atoms with E-state index in [0.717, 1.165) is 0 Å². The van der Waals surface area contributed by atoms with Crippen molar-refractivity contribution in [3.05, 3.63) is 121 Å². The van der Waals surface area contributed by atoms with Gasteiger partial charge in [0.15, 0.2) is 0 Å². The first-order valence-corrected chi connectivity index (χ1v) is 13.8. The van der Waals surface area contributed by atoms with Crippen LogP contribution in [0.25, 0.3) is 0 Å². The standard InChI is InChI=1S/C28H27NP2.ClH/c1-5-13-23(14-6-1)30(24-15-7-2-8-16-24)27-21-29-22-28(27)31(25-17-9-3-10-18-25)26-19-11-4-12-20-26;/h1-20,27-29H,21-22H2;1H/t27-,28-;/m1./s1. The fraction of sp³-hybridized carbons (Fsp3) is 0.143. The molecule has 1 aliphatic rings. The molecule has 0 unspecified atom stereocenters. The maximum absolute atomic E-state index is 2.57. The molecule has 0 bridgehead atoms. The third-order valence-corrected chi connectivity index (χ3v) is 12.2. The second-order valence-corrected chi connectivity index (χ2v) is 12.8. The third kappa shape index (κ3) is 4.98. The maximum atomic E-state index is 2.57. The molecule has 4 aromatic carbocycles. The SMILES string of the molecule is [Cl-].c1ccc(P(c2ccccc2)[C@@H]2C[NH2+]C[C@H]2P(c2ccccc2)c2ccccc2)cc1. The Bertz CT molecular complexity index is 909. The molecule has 1 heterocycles. The van der Waals surface area contributed by atoms with Crippen molar-refractivity contribution in [2.75, 3.05) is 13.1 Å². The summed E-state index contributed by atoms with van der Waals surface area (Å²) in [4.78, 5) is 0. The monoisotopic (exact) mass is 475 g/mol. The molecule has 0 radical (unpaired) electrons. The average Bonchev–Trinajstić information content (AvgIpc) is 3.31. The van der Waals surface area contributed by atoms with E-state index in [-0.39, 0.29) is 12.4 Å². The third-order valence-electron chi connectivity index (χ3n) is 6.06. The molecule has 162 valence electrons. The van der Waals surface area contributed by atoms with Crippen LogP contribution in [0.1, 0.15) is 0 Å². The van der Waals surface area contributed by atoms with Crippen molar-refractivity contribution in [2.45, 2.75) is 11.3 Å². The van der Waals surface area contributed by atoms with Crippen LogP contribution in [0.3, 0.4) is 0 Å². The highest BCUT2D eigenvalue weighted by Crippen LogP contribution is 2.51. The molecule has 0 saturated carbocycles. The van der Waals surface area contributed by atoms with Crippen LogP contribution < -0.4 is 38.9 Å². The predicted molar refractivity (Wildman–Crippen MR) is 137 cm³/mol. The zero-order chi connectivity index (χ0) is 20.9. The summed E-state index contributed by atoms with van der Waals surface area (Å²) in [5.74, 6) is 0. The first-order chi connectivity index (χ1) is 15.4. The van der Waals surface area contributed by atoms with Crippen molar-refractivity contribution < 1.29 is 17.7 Å². The number of nitrogens with two attached hydrogens (primary N) is 1. The molecule has 1 aliphatic heterocycles. The van der Waals surface area contributed by atoms with Gasteiger partial charge in [-0.05, 0) is 37.1 Å². The molecular weight excluding hydrogens is 448 g/mol. The van der Waals surface area contributed by atoms with E-state index in [1.807, 2.05) is 0 Å². The lowest BCUT2D eigenvalue weighted by atomic mass is 10.3. The zero-order valence-electron chi connectivity index (χ0n) is 18.0. The van der Waals surface area contributed by atoms with E-state index in [0.29, 0.717) is 11.3 Å². The summed E-state index contributed by atoms with van der Waals surface area (Å²) in [6.45, 7) is 2.41. The van der Waals surface area contributed by atoms with Crippen LogP contribution in [0.15, 0.2) is 121 Å². The van der Waals surface area contributed by atoms with Gasteiger partial charge in [0.05, 0.1) is 13.1 Å². The highest BCUT2D eigenvalue weighted by molar-refractivity contribution is 7.77. The Kier molecular flexibility index (Phi) is 8.12. The van der Waals surface area contributed by atoms with Gasteiger partial charge in [-0.15, -0.1) is 0 Å². The van der Waals surface area contributed by atoms with Gasteiger partial charge < -0.3 is 17.7 Å². The maximum Gasteiger partial charge on any atom is 0.0838 e. The second-order valence-electron chi connectivity index (χ2n) is 7.98. The number of quaternary nitrogens is 1. The van der Waals surface area contributed by atoms with Gasteiger partial charge in [0.25, 0.3) is 0 Å². The molecule has 1 nitrogen and oxygen atoms in total. The summed E-state index contributed by atoms with van der Waals surface area (Å²) in [6, 6.07) is 45.0. The molecule has 4 aromatic rings. The lowest BCUT2D eigenvalue weighted by molar-refractivity contribution is -0.634. The fourth-order valence-electron chi connectivity index (χ4n) is 4.73. The van der Waals surface area contributed by atoms with Crippen LogP contribution in [-0.2, 0) is 0 Å². The molecule has 5 rings (SSSR count). The van der Waals surface area contributed by atoms with E-state index in [2.05, 4.69) is 127 Å². The predicted octanol–water partition coefficient (Wildman–Crippen LogP) is 0.570. The van der Waals surface area contributed by atoms with Crippen LogP contribution in [0.5, 0.6) is 0 Å². The smallest absolute Gasteiger partial charge is 0.0838 e. The van der Waals surface area contributed by atoms with Crippen molar-refractivity contribution >= 4 is 37.1 Å². The van der Waals surface area contributed by atoms with Crippen molar-refractivity contribution in [3.8, 4) is 0 Å². The van der Waals surface area contributed by atoms with Gasteiger partial charge in [0.1, 0.15) is 0 Å². The molecule has 1 fully saturated rings. The van der Waals surface area contributed by atoms with Crippen LogP contribution in [0.4, 0.5) is 0 Å². The highest BCUT2D eigenvalue weighted by atomic mass is 35.5. The van der Waals surface area contributed by atoms with Gasteiger partial charge in [0.2, 0.25) is 0 Å². The summed E-state index contributed by atoms with van der Waals surface area (Å²) in [6.07, 6.45) is 0. The van der Waals surface area contributed by atoms with E-state index in [9.17, 15) is 0 Å². The first-order valence-electron chi connectivity index (χ1n) is 11.0. The molecule has 2 N–H and O–H groups in total. The van der Waals surface area contributed by atoms with E-state index in [1.54, 1.807) is 0 Å². The molecule has 2 atom stereocenters. The van der Waals surface area contributed by atoms with Crippen LogP contribution in [0.2, 0.25) is 0 Å². The van der Waals surface area contributed by atoms with Gasteiger partial charge >= 0.3 is 0 Å². The van der Waals surface area contributed by atoms with Gasteiger partial charge in [0, 0.05) is 11.3 Å². The Labute approximate surface area is 200 Å². The van der Waals surface area contributed by atoms with Crippen molar-refractivity contribution in [1.29, 1.82) is 0 Å². The molecule has 1 saturated heterocycles. The lowest BCUT2D eigenvalue weighted by Gasteiger charge is -2.33. The van der Waals surface area contributed by atoms with Crippen LogP contribution in [0, 0.1) is 0 Å². The number of halogens is 1. The number of rotatable bonds is 6. The second kappa shape index (κ2) is 11.2. The Balaban J connectivity index is 0.00000245. The summed E-state index contributed by atoms with van der Waals surface area (Å²) in [5, 5.41) is 8.59. The van der Waals surface area contributed by atoms with Crippen LogP contribution in [-0.4, -0.2) is 24.4 Å². The Morgan fingerprint density at radius 1 is 0.438 bits per heavy atom. The van der Waals surface area contributed by atoms with Crippen molar-refractivity contribution in [3.63, 3.8) is 0 Å². The average molecular weight is 476 g/mol. The molecule has 0 aromatic heterocycles. The Morgan fingerprint density at radius 2 is 0.688 bits per heavy atom. The Hall–Kier alpha value is -2.01. The summed E-state index contributed by atoms with van der Waals surface area (Å²) < 4.78 is 0. The van der Waals surface area contributed by atoms with Crippen molar-refractivity contribution in [2.24, 2.45) is 0 Å². The summed E-state index contributed by atoms with van der Waals surface area (Å²) in [7, 11) is -0.839. The van der Waals surface area contributed by atoms with Gasteiger partial charge in [-0.2, -0.15) is 0 Å². The van der Waals surface area contributed by atoms with Gasteiger partial charge in [-0.3, -0.25) is 0 Å². The summed E-state index contributed by atoms with van der Waals surface area (Å²) >= 11 is 0. The minimum absolute atomic E-state index is 0. The minimum atomic E-state index is -0.420. The molecule has 0 amide bonds. The number of hydrogen-bond acceptors (Lipinski definition) is 0. The number of hydrogen-bond donors (Lipinski definition) is 1.